The van der Waals surface area contributed by atoms with Gasteiger partial charge in [0.05, 0.1) is 11.3 Å². The maximum Gasteiger partial charge on any atom is 0.416 e. The second-order valence-corrected chi connectivity index (χ2v) is 9.83. The fourth-order valence-corrected chi connectivity index (χ4v) is 5.15. The average Bonchev–Trinajstić information content (AvgIpc) is 2.98. The van der Waals surface area contributed by atoms with Gasteiger partial charge in [-0.25, -0.2) is 4.79 Å². The highest BCUT2D eigenvalue weighted by atomic mass is 32.2. The van der Waals surface area contributed by atoms with Gasteiger partial charge in [0.15, 0.2) is 5.75 Å². The molecule has 5 nitrogen and oxygen atoms in total. The van der Waals surface area contributed by atoms with Crippen LogP contribution in [0.25, 0.3) is 16.7 Å². The Bertz CT molecular complexity index is 1600. The van der Waals surface area contributed by atoms with Crippen molar-refractivity contribution in [2.24, 2.45) is 0 Å². The summed E-state index contributed by atoms with van der Waals surface area (Å²) in [5, 5.41) is 10.7. The lowest BCUT2D eigenvalue weighted by Crippen LogP contribution is -2.24. The van der Waals surface area contributed by atoms with Crippen LogP contribution >= 0.6 is 11.8 Å². The summed E-state index contributed by atoms with van der Waals surface area (Å²) in [5.41, 5.74) is -1.45. The summed E-state index contributed by atoms with van der Waals surface area (Å²) in [6.45, 7) is 5.44. The quantitative estimate of drug-likeness (QED) is 0.391. The van der Waals surface area contributed by atoms with E-state index in [2.05, 4.69) is 0 Å². The molecule has 1 aliphatic rings. The molecule has 3 heterocycles. The van der Waals surface area contributed by atoms with Gasteiger partial charge in [-0.1, -0.05) is 49.4 Å². The molecule has 5 rings (SSSR count). The van der Waals surface area contributed by atoms with Crippen LogP contribution < -0.4 is 11.2 Å². The molecule has 0 fully saturated rings. The van der Waals surface area contributed by atoms with Gasteiger partial charge in [0, 0.05) is 22.1 Å². The molecular formula is C25H18F3NO4S. The van der Waals surface area contributed by atoms with Gasteiger partial charge in [-0.2, -0.15) is 13.2 Å². The molecule has 0 spiro atoms. The minimum Gasteiger partial charge on any atom is -0.505 e. The number of hydrogen-bond donors (Lipinski definition) is 1. The number of halogens is 3. The van der Waals surface area contributed by atoms with Crippen molar-refractivity contribution in [1.29, 1.82) is 0 Å². The molecule has 174 valence electrons. The first-order chi connectivity index (χ1) is 15.9. The van der Waals surface area contributed by atoms with Crippen molar-refractivity contribution in [3.05, 3.63) is 91.7 Å². The maximum atomic E-state index is 13.6. The lowest BCUT2D eigenvalue weighted by atomic mass is 9.83. The lowest BCUT2D eigenvalue weighted by Gasteiger charge is -2.20. The predicted molar refractivity (Wildman–Crippen MR) is 122 cm³/mol. The molecule has 0 saturated heterocycles. The van der Waals surface area contributed by atoms with E-state index in [1.807, 2.05) is 19.1 Å². The number of hydrogen-bond acceptors (Lipinski definition) is 5. The molecule has 1 N–H and O–H groups in total. The third-order valence-electron chi connectivity index (χ3n) is 6.13. The molecule has 0 bridgehead atoms. The SMILES string of the molecule is Cc1ccc(Sc2c(O)c3c(=O)n4c(cc3oc2=O)C(C)(C)c2ccc(C(F)(F)F)cc2-4)cc1. The van der Waals surface area contributed by atoms with Crippen LogP contribution in [-0.4, -0.2) is 9.67 Å². The maximum absolute atomic E-state index is 13.6. The molecule has 0 radical (unpaired) electrons. The van der Waals surface area contributed by atoms with Crippen molar-refractivity contribution >= 4 is 22.7 Å². The van der Waals surface area contributed by atoms with Crippen molar-refractivity contribution < 1.29 is 22.7 Å². The van der Waals surface area contributed by atoms with Gasteiger partial charge < -0.3 is 9.52 Å². The number of nitrogens with zero attached hydrogens (tertiary/aromatic N) is 1. The first-order valence-corrected chi connectivity index (χ1v) is 11.1. The Hall–Kier alpha value is -3.46. The van der Waals surface area contributed by atoms with Crippen molar-refractivity contribution in [2.45, 2.75) is 42.2 Å². The molecular weight excluding hydrogens is 467 g/mol. The smallest absolute Gasteiger partial charge is 0.416 e. The highest BCUT2D eigenvalue weighted by Gasteiger charge is 2.40. The van der Waals surface area contributed by atoms with Gasteiger partial charge in [-0.05, 0) is 36.8 Å². The lowest BCUT2D eigenvalue weighted by molar-refractivity contribution is -0.137. The number of benzene rings is 2. The first kappa shape index (κ1) is 22.3. The van der Waals surface area contributed by atoms with Gasteiger partial charge in [-0.15, -0.1) is 0 Å². The standard InChI is InChI=1S/C25H18F3NO4S/c1-12-4-7-14(8-5-12)34-21-20(30)19-17(33-23(21)32)11-18-24(2,3)15-9-6-13(25(26,27)28)10-16(15)29(18)22(19)31/h4-11,30H,1-3H3. The minimum absolute atomic E-state index is 0.0834. The van der Waals surface area contributed by atoms with Crippen LogP contribution in [0, 0.1) is 6.92 Å². The van der Waals surface area contributed by atoms with E-state index in [0.29, 0.717) is 16.2 Å². The van der Waals surface area contributed by atoms with Gasteiger partial charge in [0.25, 0.3) is 5.56 Å². The van der Waals surface area contributed by atoms with E-state index in [1.54, 1.807) is 26.0 Å². The number of fused-ring (bicyclic) bond motifs is 4. The van der Waals surface area contributed by atoms with Crippen molar-refractivity contribution in [1.82, 2.24) is 4.57 Å². The topological polar surface area (TPSA) is 72.4 Å². The van der Waals surface area contributed by atoms with Gasteiger partial charge in [0.1, 0.15) is 15.9 Å². The summed E-state index contributed by atoms with van der Waals surface area (Å²) in [6, 6.07) is 11.9. The average molecular weight is 485 g/mol. The van der Waals surface area contributed by atoms with E-state index in [0.717, 1.165) is 34.0 Å². The monoisotopic (exact) mass is 485 g/mol. The zero-order valence-corrected chi connectivity index (χ0v) is 19.1. The third kappa shape index (κ3) is 3.26. The van der Waals surface area contributed by atoms with Crippen LogP contribution in [0.3, 0.4) is 0 Å². The Kier molecular flexibility index (Phi) is 4.77. The molecule has 0 atom stereocenters. The number of rotatable bonds is 2. The zero-order valence-electron chi connectivity index (χ0n) is 18.3. The number of aromatic nitrogens is 1. The van der Waals surface area contributed by atoms with Crippen LogP contribution in [0.4, 0.5) is 13.2 Å². The molecule has 1 aliphatic heterocycles. The summed E-state index contributed by atoms with van der Waals surface area (Å²) >= 11 is 0.944. The molecule has 0 saturated carbocycles. The summed E-state index contributed by atoms with van der Waals surface area (Å²) in [6.07, 6.45) is -4.59. The van der Waals surface area contributed by atoms with E-state index in [1.165, 1.54) is 12.1 Å². The number of aryl methyl sites for hydroxylation is 1. The Morgan fingerprint density at radius 2 is 1.71 bits per heavy atom. The molecule has 0 aliphatic carbocycles. The van der Waals surface area contributed by atoms with Crippen LogP contribution in [0.1, 0.15) is 36.2 Å². The molecule has 0 amide bonds. The summed E-state index contributed by atoms with van der Waals surface area (Å²) in [7, 11) is 0. The van der Waals surface area contributed by atoms with Gasteiger partial charge in [0.2, 0.25) is 0 Å². The second kappa shape index (κ2) is 7.27. The molecule has 2 aromatic carbocycles. The predicted octanol–water partition coefficient (Wildman–Crippen LogP) is 5.77. The van der Waals surface area contributed by atoms with Crippen molar-refractivity contribution in [3.8, 4) is 11.4 Å². The molecule has 34 heavy (non-hydrogen) atoms. The highest BCUT2D eigenvalue weighted by Crippen LogP contribution is 2.45. The van der Waals surface area contributed by atoms with E-state index >= 15 is 0 Å². The van der Waals surface area contributed by atoms with Crippen molar-refractivity contribution in [3.63, 3.8) is 0 Å². The first-order valence-electron chi connectivity index (χ1n) is 10.3. The third-order valence-corrected chi connectivity index (χ3v) is 7.20. The summed E-state index contributed by atoms with van der Waals surface area (Å²) < 4.78 is 46.8. The van der Waals surface area contributed by atoms with Crippen LogP contribution in [-0.2, 0) is 11.6 Å². The number of aromatic hydroxyl groups is 1. The van der Waals surface area contributed by atoms with E-state index in [4.69, 9.17) is 4.42 Å². The Balaban J connectivity index is 1.78. The van der Waals surface area contributed by atoms with Crippen LogP contribution in [0.2, 0.25) is 0 Å². The highest BCUT2D eigenvalue weighted by molar-refractivity contribution is 7.99. The number of pyridine rings is 1. The Labute approximate surface area is 195 Å². The van der Waals surface area contributed by atoms with Crippen LogP contribution in [0.15, 0.2) is 72.3 Å². The minimum atomic E-state index is -4.59. The van der Waals surface area contributed by atoms with Crippen molar-refractivity contribution in [2.75, 3.05) is 0 Å². The van der Waals surface area contributed by atoms with Gasteiger partial charge in [-0.3, -0.25) is 9.36 Å². The summed E-state index contributed by atoms with van der Waals surface area (Å²) in [4.78, 5) is 26.7. The fourth-order valence-electron chi connectivity index (χ4n) is 4.32. The van der Waals surface area contributed by atoms with E-state index < -0.39 is 34.1 Å². The van der Waals surface area contributed by atoms with Gasteiger partial charge >= 0.3 is 11.8 Å². The normalized spacial score (nSPS) is 14.3. The van der Waals surface area contributed by atoms with Crippen LogP contribution in [0.5, 0.6) is 5.75 Å². The van der Waals surface area contributed by atoms with E-state index in [-0.39, 0.29) is 21.6 Å². The number of alkyl halides is 3. The Morgan fingerprint density at radius 1 is 1.03 bits per heavy atom. The largest absolute Gasteiger partial charge is 0.505 e. The summed E-state index contributed by atoms with van der Waals surface area (Å²) in [5.74, 6) is -0.560. The Morgan fingerprint density at radius 3 is 2.35 bits per heavy atom. The molecule has 2 aromatic heterocycles. The molecule has 9 heteroatoms. The fraction of sp³-hybridized carbons (Fsp3) is 0.200. The molecule has 4 aromatic rings. The molecule has 0 unspecified atom stereocenters. The van der Waals surface area contributed by atoms with E-state index in [9.17, 15) is 27.9 Å². The zero-order chi connectivity index (χ0) is 24.6. The second-order valence-electron chi connectivity index (χ2n) is 8.75.